The predicted molar refractivity (Wildman–Crippen MR) is 146 cm³/mol. The molecule has 0 aliphatic heterocycles. The minimum Gasteiger partial charge on any atom is -0.481 e. The Bertz CT molecular complexity index is 1160. The highest BCUT2D eigenvalue weighted by Crippen LogP contribution is 2.41. The van der Waals surface area contributed by atoms with Gasteiger partial charge in [-0.15, -0.1) is 0 Å². The highest BCUT2D eigenvalue weighted by atomic mass is 32.2. The molecule has 2 aromatic carbocycles. The van der Waals surface area contributed by atoms with E-state index in [0.717, 1.165) is 41.2 Å². The lowest BCUT2D eigenvalue weighted by atomic mass is 9.81. The molecule has 1 heterocycles. The Balaban J connectivity index is 1.59. The number of carboxylic acid groups (broad SMARTS) is 1. The van der Waals surface area contributed by atoms with Gasteiger partial charge in [0, 0.05) is 35.2 Å². The zero-order chi connectivity index (χ0) is 26.0. The van der Waals surface area contributed by atoms with Gasteiger partial charge in [0.1, 0.15) is 18.1 Å². The summed E-state index contributed by atoms with van der Waals surface area (Å²) in [6, 6.07) is 19.6. The van der Waals surface area contributed by atoms with Crippen LogP contribution in [0.3, 0.4) is 0 Å². The molecule has 0 bridgehead atoms. The first kappa shape index (κ1) is 26.8. The standard InChI is InChI=1S/C29H34N2O5S/c1-37-35-19-26-24(18-25(36-26)20-8-4-2-5-9-20)28(21-10-6-3-7-11-21)31-23-14-12-22(13-15-23)29(34)30-17-16-27(32)33/h2,4-5,8-9,12-15,18,21,28,31H,3,6-7,10-11,16-17,19H2,1H3,(H,30,34)(H,32,33). The summed E-state index contributed by atoms with van der Waals surface area (Å²) in [5.74, 6) is 0.875. The maximum atomic E-state index is 12.4. The quantitative estimate of drug-likeness (QED) is 0.228. The fraction of sp³-hybridized carbons (Fsp3) is 0.379. The molecular formula is C29H34N2O5S. The van der Waals surface area contributed by atoms with Gasteiger partial charge < -0.3 is 24.3 Å². The SMILES string of the molecule is CSOCc1oc(-c2ccccc2)cc1C(Nc1ccc(C(=O)NCCC(=O)O)cc1)C1CCCCC1. The van der Waals surface area contributed by atoms with Crippen molar-refractivity contribution in [1.29, 1.82) is 0 Å². The highest BCUT2D eigenvalue weighted by molar-refractivity contribution is 7.93. The van der Waals surface area contributed by atoms with Crippen LogP contribution in [0.2, 0.25) is 0 Å². The van der Waals surface area contributed by atoms with Crippen LogP contribution in [0.1, 0.15) is 66.2 Å². The normalized spacial score (nSPS) is 14.7. The van der Waals surface area contributed by atoms with E-state index in [1.807, 2.05) is 48.7 Å². The van der Waals surface area contributed by atoms with Crippen molar-refractivity contribution in [3.05, 3.63) is 77.6 Å². The number of carboxylic acids is 1. The number of hydrogen-bond acceptors (Lipinski definition) is 6. The number of furan rings is 1. The summed E-state index contributed by atoms with van der Waals surface area (Å²) in [5.41, 5.74) is 3.54. The first-order valence-electron chi connectivity index (χ1n) is 12.8. The lowest BCUT2D eigenvalue weighted by molar-refractivity contribution is -0.136. The minimum atomic E-state index is -0.939. The number of nitrogens with one attached hydrogen (secondary N) is 2. The third-order valence-electron chi connectivity index (χ3n) is 6.76. The summed E-state index contributed by atoms with van der Waals surface area (Å²) in [4.78, 5) is 23.1. The Hall–Kier alpha value is -3.23. The van der Waals surface area contributed by atoms with Crippen molar-refractivity contribution in [2.75, 3.05) is 18.1 Å². The van der Waals surface area contributed by atoms with Crippen molar-refractivity contribution < 1.29 is 23.3 Å². The molecule has 37 heavy (non-hydrogen) atoms. The summed E-state index contributed by atoms with van der Waals surface area (Å²) >= 11 is 1.32. The van der Waals surface area contributed by atoms with Gasteiger partial charge in [-0.3, -0.25) is 9.59 Å². The maximum Gasteiger partial charge on any atom is 0.305 e. The molecule has 3 N–H and O–H groups in total. The molecule has 7 nitrogen and oxygen atoms in total. The van der Waals surface area contributed by atoms with Crippen molar-refractivity contribution in [3.8, 4) is 11.3 Å². The van der Waals surface area contributed by atoms with Gasteiger partial charge in [0.25, 0.3) is 5.91 Å². The number of rotatable bonds is 12. The van der Waals surface area contributed by atoms with E-state index in [-0.39, 0.29) is 24.9 Å². The Morgan fingerprint density at radius 3 is 2.49 bits per heavy atom. The maximum absolute atomic E-state index is 12.4. The summed E-state index contributed by atoms with van der Waals surface area (Å²) in [7, 11) is 0. The molecule has 1 aromatic heterocycles. The largest absolute Gasteiger partial charge is 0.481 e. The highest BCUT2D eigenvalue weighted by Gasteiger charge is 2.30. The monoisotopic (exact) mass is 522 g/mol. The fourth-order valence-electron chi connectivity index (χ4n) is 4.88. The van der Waals surface area contributed by atoms with E-state index in [9.17, 15) is 9.59 Å². The molecular weight excluding hydrogens is 488 g/mol. The lowest BCUT2D eigenvalue weighted by Gasteiger charge is -2.32. The summed E-state index contributed by atoms with van der Waals surface area (Å²) in [6.07, 6.45) is 7.74. The Morgan fingerprint density at radius 1 is 1.08 bits per heavy atom. The van der Waals surface area contributed by atoms with Crippen molar-refractivity contribution in [2.45, 2.75) is 51.2 Å². The Labute approximate surface area is 222 Å². The third kappa shape index (κ3) is 7.40. The lowest BCUT2D eigenvalue weighted by Crippen LogP contribution is -2.26. The molecule has 1 aliphatic rings. The molecule has 0 radical (unpaired) electrons. The fourth-order valence-corrected chi connectivity index (χ4v) is 5.10. The van der Waals surface area contributed by atoms with E-state index in [1.54, 1.807) is 12.1 Å². The van der Waals surface area contributed by atoms with E-state index in [2.05, 4.69) is 16.7 Å². The van der Waals surface area contributed by atoms with Crippen molar-refractivity contribution in [3.63, 3.8) is 0 Å². The van der Waals surface area contributed by atoms with Crippen molar-refractivity contribution in [1.82, 2.24) is 5.32 Å². The molecule has 1 aliphatic carbocycles. The second-order valence-corrected chi connectivity index (χ2v) is 9.85. The van der Waals surface area contributed by atoms with E-state index >= 15 is 0 Å². The summed E-state index contributed by atoms with van der Waals surface area (Å²) in [5, 5.41) is 15.2. The molecule has 8 heteroatoms. The molecule has 196 valence electrons. The molecule has 1 amide bonds. The number of aliphatic carboxylic acids is 1. The van der Waals surface area contributed by atoms with Gasteiger partial charge in [0.15, 0.2) is 0 Å². The van der Waals surface area contributed by atoms with Crippen LogP contribution in [0.15, 0.2) is 65.1 Å². The molecule has 1 unspecified atom stereocenters. The topological polar surface area (TPSA) is 101 Å². The number of anilines is 1. The zero-order valence-corrected chi connectivity index (χ0v) is 21.9. The van der Waals surface area contributed by atoms with Gasteiger partial charge in [-0.05, 0) is 61.1 Å². The van der Waals surface area contributed by atoms with Crippen LogP contribution in [-0.2, 0) is 15.6 Å². The molecule has 0 saturated heterocycles. The van der Waals surface area contributed by atoms with Crippen molar-refractivity contribution >= 4 is 29.6 Å². The van der Waals surface area contributed by atoms with E-state index < -0.39 is 5.97 Å². The average molecular weight is 523 g/mol. The third-order valence-corrected chi connectivity index (χ3v) is 7.11. The first-order chi connectivity index (χ1) is 18.0. The molecule has 3 aromatic rings. The van der Waals surface area contributed by atoms with Gasteiger partial charge in [-0.1, -0.05) is 49.6 Å². The second kappa shape index (κ2) is 13.4. The van der Waals surface area contributed by atoms with Gasteiger partial charge in [-0.25, -0.2) is 0 Å². The van der Waals surface area contributed by atoms with Crippen LogP contribution in [-0.4, -0.2) is 29.8 Å². The van der Waals surface area contributed by atoms with Crippen LogP contribution in [0.25, 0.3) is 11.3 Å². The Kier molecular flexibility index (Phi) is 9.68. The van der Waals surface area contributed by atoms with Crippen LogP contribution in [0, 0.1) is 5.92 Å². The zero-order valence-electron chi connectivity index (χ0n) is 21.1. The van der Waals surface area contributed by atoms with E-state index in [1.165, 1.54) is 31.3 Å². The van der Waals surface area contributed by atoms with E-state index in [0.29, 0.717) is 18.1 Å². The smallest absolute Gasteiger partial charge is 0.305 e. The predicted octanol–water partition coefficient (Wildman–Crippen LogP) is 6.68. The minimum absolute atomic E-state index is 0.0391. The molecule has 1 atom stereocenters. The van der Waals surface area contributed by atoms with Crippen LogP contribution >= 0.6 is 12.0 Å². The number of carbonyl (C=O) groups is 2. The number of carbonyl (C=O) groups excluding carboxylic acids is 1. The van der Waals surface area contributed by atoms with Gasteiger partial charge in [0.05, 0.1) is 12.5 Å². The van der Waals surface area contributed by atoms with Crippen LogP contribution in [0.4, 0.5) is 5.69 Å². The van der Waals surface area contributed by atoms with Crippen LogP contribution < -0.4 is 10.6 Å². The molecule has 1 saturated carbocycles. The van der Waals surface area contributed by atoms with Crippen LogP contribution in [0.5, 0.6) is 0 Å². The number of hydrogen-bond donors (Lipinski definition) is 3. The summed E-state index contributed by atoms with van der Waals surface area (Å²) < 4.78 is 12.0. The van der Waals surface area contributed by atoms with Gasteiger partial charge >= 0.3 is 5.97 Å². The van der Waals surface area contributed by atoms with Gasteiger partial charge in [0.2, 0.25) is 0 Å². The average Bonchev–Trinajstić information content (AvgIpc) is 3.35. The summed E-state index contributed by atoms with van der Waals surface area (Å²) in [6.45, 7) is 0.479. The van der Waals surface area contributed by atoms with E-state index in [4.69, 9.17) is 13.7 Å². The second-order valence-electron chi connectivity index (χ2n) is 9.28. The number of benzene rings is 2. The van der Waals surface area contributed by atoms with Crippen molar-refractivity contribution in [2.24, 2.45) is 5.92 Å². The number of amides is 1. The van der Waals surface area contributed by atoms with Gasteiger partial charge in [-0.2, -0.15) is 0 Å². The molecule has 0 spiro atoms. The molecule has 1 fully saturated rings. The molecule has 4 rings (SSSR count). The Morgan fingerprint density at radius 2 is 1.81 bits per heavy atom. The first-order valence-corrected chi connectivity index (χ1v) is 13.9.